The molecule has 1 amide bonds. The summed E-state index contributed by atoms with van der Waals surface area (Å²) in [5, 5.41) is 4.44. The quantitative estimate of drug-likeness (QED) is 0.815. The van der Waals surface area contributed by atoms with Crippen molar-refractivity contribution in [3.05, 3.63) is 47.9 Å². The molecule has 1 aliphatic rings. The summed E-state index contributed by atoms with van der Waals surface area (Å²) in [5.41, 5.74) is 0.264. The number of hydrogen-bond acceptors (Lipinski definition) is 6. The van der Waals surface area contributed by atoms with E-state index in [1.54, 1.807) is 4.72 Å². The lowest BCUT2D eigenvalue weighted by Crippen LogP contribution is -2.29. The summed E-state index contributed by atoms with van der Waals surface area (Å²) < 4.78 is 66.0. The van der Waals surface area contributed by atoms with Crippen molar-refractivity contribution in [1.29, 1.82) is 0 Å². The van der Waals surface area contributed by atoms with Gasteiger partial charge in [-0.15, -0.1) is 5.10 Å². The molecule has 1 fully saturated rings. The van der Waals surface area contributed by atoms with Crippen LogP contribution in [-0.2, 0) is 10.0 Å². The highest BCUT2D eigenvalue weighted by atomic mass is 32.2. The molecule has 2 heterocycles. The molecule has 1 N–H and O–H groups in total. The number of halogens is 3. The van der Waals surface area contributed by atoms with E-state index in [9.17, 15) is 26.4 Å². The fourth-order valence-electron chi connectivity index (χ4n) is 2.48. The molecule has 0 saturated carbocycles. The molecular weight excluding hydrogens is 387 g/mol. The van der Waals surface area contributed by atoms with Crippen molar-refractivity contribution < 1.29 is 26.4 Å². The first kappa shape index (κ1) is 18.9. The van der Waals surface area contributed by atoms with Crippen molar-refractivity contribution in [2.45, 2.75) is 12.3 Å². The van der Waals surface area contributed by atoms with Gasteiger partial charge in [0.2, 0.25) is 11.8 Å². The van der Waals surface area contributed by atoms with Crippen molar-refractivity contribution in [3.63, 3.8) is 0 Å². The Morgan fingerprint density at radius 2 is 1.96 bits per heavy atom. The molecule has 1 aliphatic heterocycles. The van der Waals surface area contributed by atoms with Crippen LogP contribution in [0.2, 0.25) is 0 Å². The van der Waals surface area contributed by atoms with Crippen molar-refractivity contribution in [2.24, 2.45) is 0 Å². The van der Waals surface area contributed by atoms with Crippen LogP contribution in [0.5, 0.6) is 0 Å². The summed E-state index contributed by atoms with van der Waals surface area (Å²) >= 11 is 0. The van der Waals surface area contributed by atoms with Crippen LogP contribution in [0.1, 0.15) is 17.0 Å². The lowest BCUT2D eigenvalue weighted by molar-refractivity contribution is 0.0256. The zero-order chi connectivity index (χ0) is 19.8. The number of carbonyl (C=O) groups is 1. The fraction of sp³-hybridized carbons (Fsp3) is 0.267. The van der Waals surface area contributed by atoms with Gasteiger partial charge >= 0.3 is 5.91 Å². The lowest BCUT2D eigenvalue weighted by Gasteiger charge is -2.17. The van der Waals surface area contributed by atoms with Crippen LogP contribution in [0.3, 0.4) is 0 Å². The van der Waals surface area contributed by atoms with Gasteiger partial charge in [0.25, 0.3) is 15.9 Å². The molecule has 1 aromatic heterocycles. The second-order valence-electron chi connectivity index (χ2n) is 5.79. The minimum absolute atomic E-state index is 0.0428. The molecule has 0 spiro atoms. The van der Waals surface area contributed by atoms with E-state index < -0.39 is 46.5 Å². The maximum atomic E-state index is 13.6. The van der Waals surface area contributed by atoms with Crippen LogP contribution in [-0.4, -0.2) is 48.1 Å². The van der Waals surface area contributed by atoms with Crippen LogP contribution < -0.4 is 9.62 Å². The van der Waals surface area contributed by atoms with Gasteiger partial charge in [-0.1, -0.05) is 6.58 Å². The van der Waals surface area contributed by atoms with Gasteiger partial charge in [-0.25, -0.2) is 26.3 Å². The summed E-state index contributed by atoms with van der Waals surface area (Å²) in [6.45, 7) is 2.38. The van der Waals surface area contributed by atoms with E-state index in [1.165, 1.54) is 17.0 Å². The second kappa shape index (κ2) is 6.68. The third-order valence-electron chi connectivity index (χ3n) is 3.77. The van der Waals surface area contributed by atoms with E-state index in [2.05, 4.69) is 16.7 Å². The van der Waals surface area contributed by atoms with Crippen molar-refractivity contribution in [1.82, 2.24) is 19.5 Å². The number of carbonyl (C=O) groups excluding carboxylic acids is 1. The summed E-state index contributed by atoms with van der Waals surface area (Å²) in [4.78, 5) is 17.2. The topological polar surface area (TPSA) is 97.2 Å². The van der Waals surface area contributed by atoms with Gasteiger partial charge in [0.05, 0.1) is 12.2 Å². The number of sulfonamides is 1. The molecule has 27 heavy (non-hydrogen) atoms. The number of hydrogen-bond donors (Lipinski definition) is 1. The Bertz CT molecular complexity index is 989. The molecular formula is C15H14F3N5O3S. The summed E-state index contributed by atoms with van der Waals surface area (Å²) in [6, 6.07) is 4.90. The minimum Gasteiger partial charge on any atom is -0.334 e. The zero-order valence-corrected chi connectivity index (χ0v) is 14.6. The highest BCUT2D eigenvalue weighted by Crippen LogP contribution is 2.31. The Labute approximate surface area is 152 Å². The molecule has 0 unspecified atom stereocenters. The van der Waals surface area contributed by atoms with Gasteiger partial charge in [0.1, 0.15) is 5.82 Å². The lowest BCUT2D eigenvalue weighted by atomic mass is 10.3. The third-order valence-corrected chi connectivity index (χ3v) is 4.68. The highest BCUT2D eigenvalue weighted by molar-refractivity contribution is 7.92. The largest absolute Gasteiger partial charge is 0.334 e. The number of alkyl halides is 2. The van der Waals surface area contributed by atoms with E-state index in [1.807, 2.05) is 0 Å². The SMILES string of the molecule is C=CS(=O)(=O)NC(=O)c1nc(N2CCC(F)(F)C2)n(-c2ccc(F)cc2)n1. The fourth-order valence-corrected chi connectivity index (χ4v) is 2.92. The number of amides is 1. The molecule has 0 aliphatic carbocycles. The highest BCUT2D eigenvalue weighted by Gasteiger charge is 2.40. The van der Waals surface area contributed by atoms with E-state index in [4.69, 9.17) is 0 Å². The van der Waals surface area contributed by atoms with Crippen LogP contribution in [0.4, 0.5) is 19.1 Å². The molecule has 0 atom stereocenters. The third kappa shape index (κ3) is 4.10. The molecule has 8 nitrogen and oxygen atoms in total. The maximum Gasteiger partial charge on any atom is 0.304 e. The minimum atomic E-state index is -4.09. The Kier molecular flexibility index (Phi) is 4.68. The van der Waals surface area contributed by atoms with E-state index >= 15 is 0 Å². The Morgan fingerprint density at radius 3 is 2.52 bits per heavy atom. The monoisotopic (exact) mass is 401 g/mol. The summed E-state index contributed by atoms with van der Waals surface area (Å²) in [6.07, 6.45) is -0.407. The number of nitrogens with zero attached hydrogens (tertiary/aromatic N) is 4. The van der Waals surface area contributed by atoms with Gasteiger partial charge in [-0.2, -0.15) is 9.67 Å². The molecule has 0 bridgehead atoms. The van der Waals surface area contributed by atoms with Gasteiger partial charge in [0, 0.05) is 18.4 Å². The number of aromatic nitrogens is 3. The van der Waals surface area contributed by atoms with E-state index in [-0.39, 0.29) is 18.2 Å². The maximum absolute atomic E-state index is 13.6. The molecule has 1 aromatic carbocycles. The van der Waals surface area contributed by atoms with E-state index in [0.29, 0.717) is 5.41 Å². The van der Waals surface area contributed by atoms with Crippen molar-refractivity contribution in [2.75, 3.05) is 18.0 Å². The molecule has 0 radical (unpaired) electrons. The number of benzene rings is 1. The zero-order valence-electron chi connectivity index (χ0n) is 13.8. The van der Waals surface area contributed by atoms with Gasteiger partial charge < -0.3 is 4.90 Å². The predicted molar refractivity (Wildman–Crippen MR) is 89.7 cm³/mol. The Balaban J connectivity index is 2.02. The van der Waals surface area contributed by atoms with Crippen LogP contribution in [0.25, 0.3) is 5.69 Å². The normalized spacial score (nSPS) is 16.3. The van der Waals surface area contributed by atoms with Gasteiger partial charge in [0.15, 0.2) is 0 Å². The number of anilines is 1. The molecule has 12 heteroatoms. The predicted octanol–water partition coefficient (Wildman–Crippen LogP) is 1.45. The average molecular weight is 401 g/mol. The number of nitrogens with one attached hydrogen (secondary N) is 1. The first-order valence-corrected chi connectivity index (χ1v) is 9.20. The second-order valence-corrected chi connectivity index (χ2v) is 7.42. The smallest absolute Gasteiger partial charge is 0.304 e. The first-order chi connectivity index (χ1) is 12.6. The first-order valence-electron chi connectivity index (χ1n) is 7.66. The van der Waals surface area contributed by atoms with Crippen LogP contribution >= 0.6 is 0 Å². The van der Waals surface area contributed by atoms with Crippen LogP contribution in [0.15, 0.2) is 36.3 Å². The molecule has 144 valence electrons. The van der Waals surface area contributed by atoms with Crippen molar-refractivity contribution in [3.8, 4) is 5.69 Å². The Hall–Kier alpha value is -2.89. The summed E-state index contributed by atoms with van der Waals surface area (Å²) in [5.74, 6) is -5.24. The number of rotatable bonds is 5. The average Bonchev–Trinajstić information content (AvgIpc) is 3.18. The van der Waals surface area contributed by atoms with E-state index in [0.717, 1.165) is 16.8 Å². The Morgan fingerprint density at radius 1 is 1.30 bits per heavy atom. The molecule has 1 saturated heterocycles. The standard InChI is InChI=1S/C15H14F3N5O3S/c1-2-27(25,26)21-13(24)12-19-14(22-8-7-15(17,18)9-22)23(20-12)11-5-3-10(16)4-6-11/h2-6H,1,7-9H2,(H,21,24). The molecule has 2 aromatic rings. The molecule has 3 rings (SSSR count). The van der Waals surface area contributed by atoms with Crippen LogP contribution in [0, 0.1) is 5.82 Å². The summed E-state index contributed by atoms with van der Waals surface area (Å²) in [7, 11) is -4.09. The van der Waals surface area contributed by atoms with Gasteiger partial charge in [-0.05, 0) is 24.3 Å². The van der Waals surface area contributed by atoms with Crippen molar-refractivity contribution >= 4 is 21.9 Å². The van der Waals surface area contributed by atoms with Gasteiger partial charge in [-0.3, -0.25) is 4.79 Å².